The molecule has 1 heterocycles. The molecular formula is C18H15F2N3O2. The van der Waals surface area contributed by atoms with E-state index in [0.29, 0.717) is 6.54 Å². The Kier molecular flexibility index (Phi) is 4.47. The number of hydrogen-bond acceptors (Lipinski definition) is 3. The number of carbonyl (C=O) groups excluding carboxylic acids is 1. The summed E-state index contributed by atoms with van der Waals surface area (Å²) < 4.78 is 28.8. The number of hydrogen-bond donors (Lipinski definition) is 2. The maximum Gasteiger partial charge on any atom is 0.262 e. The minimum Gasteiger partial charge on any atom is -0.508 e. The van der Waals surface area contributed by atoms with Crippen molar-refractivity contribution < 1.29 is 18.7 Å². The molecule has 2 N–H and O–H groups in total. The molecule has 0 aliphatic rings. The van der Waals surface area contributed by atoms with Crippen molar-refractivity contribution in [2.45, 2.75) is 13.5 Å². The Hall–Kier alpha value is -3.22. The molecule has 25 heavy (non-hydrogen) atoms. The van der Waals surface area contributed by atoms with Crippen LogP contribution in [0.2, 0.25) is 0 Å². The first kappa shape index (κ1) is 16.6. The molecule has 1 aromatic heterocycles. The van der Waals surface area contributed by atoms with Crippen LogP contribution in [0.25, 0.3) is 0 Å². The second-order valence-electron chi connectivity index (χ2n) is 5.56. The largest absolute Gasteiger partial charge is 0.508 e. The highest BCUT2D eigenvalue weighted by Crippen LogP contribution is 2.18. The number of phenols is 1. The lowest BCUT2D eigenvalue weighted by molar-refractivity contribution is 0.101. The van der Waals surface area contributed by atoms with Crippen molar-refractivity contribution in [1.29, 1.82) is 0 Å². The summed E-state index contributed by atoms with van der Waals surface area (Å²) in [5.74, 6) is -2.40. The van der Waals surface area contributed by atoms with Crippen molar-refractivity contribution in [3.63, 3.8) is 0 Å². The Labute approximate surface area is 142 Å². The Bertz CT molecular complexity index is 918. The normalized spacial score (nSPS) is 10.7. The summed E-state index contributed by atoms with van der Waals surface area (Å²) in [4.78, 5) is 12.0. The number of aryl methyl sites for hydroxylation is 1. The standard InChI is InChI=1S/C18H15F2N3O2/c1-11-9-13(24)6-5-12(11)10-23-8-7-16(22-23)21-18(25)17-14(19)3-2-4-15(17)20/h2-9,24H,10H2,1H3,(H,21,22,25). The smallest absolute Gasteiger partial charge is 0.262 e. The highest BCUT2D eigenvalue weighted by molar-refractivity contribution is 6.04. The summed E-state index contributed by atoms with van der Waals surface area (Å²) in [5, 5.41) is 16.0. The van der Waals surface area contributed by atoms with Gasteiger partial charge in [-0.2, -0.15) is 5.10 Å². The van der Waals surface area contributed by atoms with Crippen LogP contribution in [0.15, 0.2) is 48.7 Å². The first-order chi connectivity index (χ1) is 11.9. The van der Waals surface area contributed by atoms with Gasteiger partial charge in [-0.05, 0) is 42.3 Å². The fourth-order valence-electron chi connectivity index (χ4n) is 2.44. The summed E-state index contributed by atoms with van der Waals surface area (Å²) in [7, 11) is 0. The molecular weight excluding hydrogens is 328 g/mol. The fraction of sp³-hybridized carbons (Fsp3) is 0.111. The highest BCUT2D eigenvalue weighted by atomic mass is 19.1. The van der Waals surface area contributed by atoms with Gasteiger partial charge in [0.15, 0.2) is 5.82 Å². The summed E-state index contributed by atoms with van der Waals surface area (Å²) in [6.07, 6.45) is 1.64. The maximum atomic E-state index is 13.6. The molecule has 1 amide bonds. The first-order valence-electron chi connectivity index (χ1n) is 7.51. The molecule has 5 nitrogen and oxygen atoms in total. The Morgan fingerprint density at radius 2 is 1.92 bits per heavy atom. The minimum absolute atomic E-state index is 0.182. The predicted molar refractivity (Wildman–Crippen MR) is 88.5 cm³/mol. The zero-order valence-corrected chi connectivity index (χ0v) is 13.3. The van der Waals surface area contributed by atoms with E-state index in [0.717, 1.165) is 23.3 Å². The molecule has 0 fully saturated rings. The third kappa shape index (κ3) is 3.65. The van der Waals surface area contributed by atoms with Crippen LogP contribution in [0.4, 0.5) is 14.6 Å². The second-order valence-corrected chi connectivity index (χ2v) is 5.56. The van der Waals surface area contributed by atoms with E-state index in [4.69, 9.17) is 0 Å². The lowest BCUT2D eigenvalue weighted by Gasteiger charge is -2.07. The second kappa shape index (κ2) is 6.72. The molecule has 0 aliphatic heterocycles. The van der Waals surface area contributed by atoms with E-state index < -0.39 is 23.1 Å². The summed E-state index contributed by atoms with van der Waals surface area (Å²) in [6.45, 7) is 2.29. The SMILES string of the molecule is Cc1cc(O)ccc1Cn1ccc(NC(=O)c2c(F)cccc2F)n1. The van der Waals surface area contributed by atoms with E-state index in [9.17, 15) is 18.7 Å². The van der Waals surface area contributed by atoms with Crippen molar-refractivity contribution >= 4 is 11.7 Å². The maximum absolute atomic E-state index is 13.6. The fourth-order valence-corrected chi connectivity index (χ4v) is 2.44. The molecule has 7 heteroatoms. The number of carbonyl (C=O) groups is 1. The van der Waals surface area contributed by atoms with Gasteiger partial charge in [0.05, 0.1) is 6.54 Å². The summed E-state index contributed by atoms with van der Waals surface area (Å²) in [6, 6.07) is 9.76. The van der Waals surface area contributed by atoms with Crippen LogP contribution in [0.1, 0.15) is 21.5 Å². The van der Waals surface area contributed by atoms with Gasteiger partial charge in [0.1, 0.15) is 22.9 Å². The van der Waals surface area contributed by atoms with Crippen LogP contribution < -0.4 is 5.32 Å². The van der Waals surface area contributed by atoms with E-state index >= 15 is 0 Å². The average molecular weight is 343 g/mol. The highest BCUT2D eigenvalue weighted by Gasteiger charge is 2.17. The summed E-state index contributed by atoms with van der Waals surface area (Å²) >= 11 is 0. The molecule has 128 valence electrons. The molecule has 3 aromatic rings. The monoisotopic (exact) mass is 343 g/mol. The third-order valence-corrected chi connectivity index (χ3v) is 3.73. The van der Waals surface area contributed by atoms with Gasteiger partial charge >= 0.3 is 0 Å². The molecule has 0 spiro atoms. The minimum atomic E-state index is -0.934. The van der Waals surface area contributed by atoms with Gasteiger partial charge in [-0.25, -0.2) is 8.78 Å². The number of aromatic nitrogens is 2. The van der Waals surface area contributed by atoms with E-state index in [1.807, 2.05) is 6.92 Å². The van der Waals surface area contributed by atoms with Crippen molar-refractivity contribution in [2.75, 3.05) is 5.32 Å². The van der Waals surface area contributed by atoms with Crippen LogP contribution in [-0.4, -0.2) is 20.8 Å². The predicted octanol–water partition coefficient (Wildman–Crippen LogP) is 3.48. The quantitative estimate of drug-likeness (QED) is 0.762. The number of benzene rings is 2. The Morgan fingerprint density at radius 1 is 1.20 bits per heavy atom. The van der Waals surface area contributed by atoms with E-state index in [-0.39, 0.29) is 11.6 Å². The lowest BCUT2D eigenvalue weighted by atomic mass is 10.1. The van der Waals surface area contributed by atoms with E-state index in [1.54, 1.807) is 29.1 Å². The Balaban J connectivity index is 1.74. The van der Waals surface area contributed by atoms with Crippen molar-refractivity contribution in [3.8, 4) is 5.75 Å². The Morgan fingerprint density at radius 3 is 2.60 bits per heavy atom. The van der Waals surface area contributed by atoms with Gasteiger partial charge in [0.2, 0.25) is 0 Å². The number of amides is 1. The number of nitrogens with one attached hydrogen (secondary N) is 1. The molecule has 0 atom stereocenters. The molecule has 0 saturated heterocycles. The number of halogens is 2. The number of aromatic hydroxyl groups is 1. The summed E-state index contributed by atoms with van der Waals surface area (Å²) in [5.41, 5.74) is 1.19. The average Bonchev–Trinajstić information content (AvgIpc) is 2.97. The number of nitrogens with zero attached hydrogens (tertiary/aromatic N) is 2. The van der Waals surface area contributed by atoms with Gasteiger partial charge in [-0.1, -0.05) is 12.1 Å². The van der Waals surface area contributed by atoms with Crippen LogP contribution in [0.3, 0.4) is 0 Å². The van der Waals surface area contributed by atoms with Gasteiger partial charge in [-0.3, -0.25) is 9.48 Å². The third-order valence-electron chi connectivity index (χ3n) is 3.73. The topological polar surface area (TPSA) is 67.2 Å². The molecule has 0 aliphatic carbocycles. The lowest BCUT2D eigenvalue weighted by Crippen LogP contribution is -2.16. The van der Waals surface area contributed by atoms with Crippen LogP contribution in [0, 0.1) is 18.6 Å². The van der Waals surface area contributed by atoms with Gasteiger partial charge in [-0.15, -0.1) is 0 Å². The van der Waals surface area contributed by atoms with Crippen molar-refractivity contribution in [3.05, 3.63) is 77.0 Å². The molecule has 2 aromatic carbocycles. The van der Waals surface area contributed by atoms with E-state index in [1.165, 1.54) is 12.1 Å². The zero-order chi connectivity index (χ0) is 18.0. The molecule has 0 bridgehead atoms. The van der Waals surface area contributed by atoms with Crippen molar-refractivity contribution in [2.24, 2.45) is 0 Å². The molecule has 0 radical (unpaired) electrons. The van der Waals surface area contributed by atoms with Gasteiger partial charge < -0.3 is 10.4 Å². The van der Waals surface area contributed by atoms with Crippen LogP contribution >= 0.6 is 0 Å². The zero-order valence-electron chi connectivity index (χ0n) is 13.3. The number of rotatable bonds is 4. The molecule has 3 rings (SSSR count). The molecule has 0 unspecified atom stereocenters. The number of anilines is 1. The number of phenolic OH excluding ortho intramolecular Hbond substituents is 1. The van der Waals surface area contributed by atoms with E-state index in [2.05, 4.69) is 10.4 Å². The first-order valence-corrected chi connectivity index (χ1v) is 7.51. The van der Waals surface area contributed by atoms with Gasteiger partial charge in [0, 0.05) is 12.3 Å². The molecule has 0 saturated carbocycles. The van der Waals surface area contributed by atoms with Crippen LogP contribution in [-0.2, 0) is 6.54 Å². The van der Waals surface area contributed by atoms with Crippen LogP contribution in [0.5, 0.6) is 5.75 Å². The van der Waals surface area contributed by atoms with Crippen molar-refractivity contribution in [1.82, 2.24) is 9.78 Å². The van der Waals surface area contributed by atoms with Gasteiger partial charge in [0.25, 0.3) is 5.91 Å².